The number of aromatic amines is 1. The third kappa shape index (κ3) is 2.51. The third-order valence-corrected chi connectivity index (χ3v) is 2.46. The maximum Gasteiger partial charge on any atom is 0.330 e. The average Bonchev–Trinajstić information content (AvgIpc) is 2.78. The number of hydrogen-bond donors (Lipinski definition) is 1. The second-order valence-corrected chi connectivity index (χ2v) is 3.61. The summed E-state index contributed by atoms with van der Waals surface area (Å²) >= 11 is 0. The zero-order chi connectivity index (χ0) is 13.0. The van der Waals surface area contributed by atoms with Crippen LogP contribution in [0.5, 0.6) is 5.75 Å². The van der Waals surface area contributed by atoms with Gasteiger partial charge < -0.3 is 9.47 Å². The molecule has 1 aromatic carbocycles. The molecular formula is C13H14N2O3. The van der Waals surface area contributed by atoms with Crippen molar-refractivity contribution in [2.45, 2.75) is 6.92 Å². The van der Waals surface area contributed by atoms with E-state index in [4.69, 9.17) is 9.47 Å². The monoisotopic (exact) mass is 246 g/mol. The summed E-state index contributed by atoms with van der Waals surface area (Å²) in [6.45, 7) is 2.13. The van der Waals surface area contributed by atoms with Crippen molar-refractivity contribution in [2.75, 3.05) is 13.7 Å². The van der Waals surface area contributed by atoms with Gasteiger partial charge in [0.15, 0.2) is 0 Å². The molecule has 1 heterocycles. The van der Waals surface area contributed by atoms with E-state index in [0.29, 0.717) is 12.3 Å². The van der Waals surface area contributed by atoms with E-state index in [2.05, 4.69) is 10.2 Å². The fraction of sp³-hybridized carbons (Fsp3) is 0.231. The van der Waals surface area contributed by atoms with E-state index < -0.39 is 0 Å². The number of carbonyl (C=O) groups excluding carboxylic acids is 1. The standard InChI is InChI=1S/C13H14N2O3/c1-3-18-13(16)7-6-11-10-5-4-9(17-2)8-12(10)15-14-11/h4-8H,3H2,1-2H3,(H,14,15)/b7-6+. The van der Waals surface area contributed by atoms with Gasteiger partial charge in [-0.25, -0.2) is 4.79 Å². The number of aromatic nitrogens is 2. The number of carbonyl (C=O) groups is 1. The van der Waals surface area contributed by atoms with Gasteiger partial charge in [-0.2, -0.15) is 5.10 Å². The minimum Gasteiger partial charge on any atom is -0.497 e. The molecule has 0 bridgehead atoms. The highest BCUT2D eigenvalue weighted by atomic mass is 16.5. The van der Waals surface area contributed by atoms with Crippen molar-refractivity contribution in [3.8, 4) is 5.75 Å². The Morgan fingerprint density at radius 2 is 2.33 bits per heavy atom. The van der Waals surface area contributed by atoms with Gasteiger partial charge in [0.2, 0.25) is 0 Å². The van der Waals surface area contributed by atoms with E-state index in [1.54, 1.807) is 20.1 Å². The summed E-state index contributed by atoms with van der Waals surface area (Å²) in [5, 5.41) is 7.94. The minimum atomic E-state index is -0.373. The van der Waals surface area contributed by atoms with Crippen LogP contribution in [-0.2, 0) is 9.53 Å². The number of H-pyrrole nitrogens is 1. The predicted molar refractivity (Wildman–Crippen MR) is 68.3 cm³/mol. The number of fused-ring (bicyclic) bond motifs is 1. The molecule has 5 nitrogen and oxygen atoms in total. The Bertz CT molecular complexity index is 587. The molecule has 0 aliphatic heterocycles. The first kappa shape index (κ1) is 12.2. The van der Waals surface area contributed by atoms with Gasteiger partial charge in [0.25, 0.3) is 0 Å². The Morgan fingerprint density at radius 1 is 1.50 bits per heavy atom. The molecule has 0 atom stereocenters. The van der Waals surface area contributed by atoms with Crippen molar-refractivity contribution < 1.29 is 14.3 Å². The van der Waals surface area contributed by atoms with Crippen LogP contribution in [0.4, 0.5) is 0 Å². The zero-order valence-corrected chi connectivity index (χ0v) is 10.3. The Kier molecular flexibility index (Phi) is 3.62. The largest absolute Gasteiger partial charge is 0.497 e. The molecule has 0 saturated heterocycles. The fourth-order valence-electron chi connectivity index (χ4n) is 1.61. The highest BCUT2D eigenvalue weighted by Gasteiger charge is 2.04. The number of rotatable bonds is 4. The summed E-state index contributed by atoms with van der Waals surface area (Å²) in [5.41, 5.74) is 1.55. The molecule has 0 saturated carbocycles. The lowest BCUT2D eigenvalue weighted by Gasteiger charge is -1.98. The summed E-state index contributed by atoms with van der Waals surface area (Å²) in [5.74, 6) is 0.384. The summed E-state index contributed by atoms with van der Waals surface area (Å²) in [7, 11) is 1.61. The molecule has 0 radical (unpaired) electrons. The highest BCUT2D eigenvalue weighted by molar-refractivity contribution is 5.92. The second-order valence-electron chi connectivity index (χ2n) is 3.61. The molecular weight excluding hydrogens is 232 g/mol. The molecule has 18 heavy (non-hydrogen) atoms. The number of benzene rings is 1. The minimum absolute atomic E-state index is 0.363. The lowest BCUT2D eigenvalue weighted by molar-refractivity contribution is -0.137. The van der Waals surface area contributed by atoms with Gasteiger partial charge in [-0.1, -0.05) is 0 Å². The van der Waals surface area contributed by atoms with Gasteiger partial charge in [-0.3, -0.25) is 5.10 Å². The maximum atomic E-state index is 11.2. The van der Waals surface area contributed by atoms with E-state index in [1.807, 2.05) is 18.2 Å². The normalized spacial score (nSPS) is 11.0. The van der Waals surface area contributed by atoms with Crippen molar-refractivity contribution in [1.29, 1.82) is 0 Å². The van der Waals surface area contributed by atoms with Gasteiger partial charge >= 0.3 is 5.97 Å². The number of nitrogens with one attached hydrogen (secondary N) is 1. The molecule has 0 unspecified atom stereocenters. The van der Waals surface area contributed by atoms with Crippen LogP contribution in [0.25, 0.3) is 17.0 Å². The van der Waals surface area contributed by atoms with Gasteiger partial charge in [-0.15, -0.1) is 0 Å². The molecule has 0 spiro atoms. The van der Waals surface area contributed by atoms with Crippen LogP contribution in [-0.4, -0.2) is 29.9 Å². The summed E-state index contributed by atoms with van der Waals surface area (Å²) < 4.78 is 9.93. The lowest BCUT2D eigenvalue weighted by atomic mass is 10.2. The SMILES string of the molecule is CCOC(=O)/C=C/c1n[nH]c2cc(OC)ccc12. The fourth-order valence-corrected chi connectivity index (χ4v) is 1.61. The van der Waals surface area contributed by atoms with Crippen LogP contribution >= 0.6 is 0 Å². The van der Waals surface area contributed by atoms with Crippen LogP contribution in [0.2, 0.25) is 0 Å². The van der Waals surface area contributed by atoms with Crippen molar-refractivity contribution in [3.63, 3.8) is 0 Å². The quantitative estimate of drug-likeness (QED) is 0.663. The molecule has 94 valence electrons. The lowest BCUT2D eigenvalue weighted by Crippen LogP contribution is -1.98. The van der Waals surface area contributed by atoms with Crippen molar-refractivity contribution in [2.24, 2.45) is 0 Å². The average molecular weight is 246 g/mol. The Hall–Kier alpha value is -2.30. The van der Waals surface area contributed by atoms with Gasteiger partial charge in [0.05, 0.1) is 24.9 Å². The van der Waals surface area contributed by atoms with Crippen molar-refractivity contribution in [3.05, 3.63) is 30.0 Å². The molecule has 5 heteroatoms. The smallest absolute Gasteiger partial charge is 0.330 e. The van der Waals surface area contributed by atoms with E-state index in [-0.39, 0.29) is 5.97 Å². The second kappa shape index (κ2) is 5.35. The van der Waals surface area contributed by atoms with E-state index in [9.17, 15) is 4.79 Å². The van der Waals surface area contributed by atoms with Crippen LogP contribution in [0.1, 0.15) is 12.6 Å². The summed E-state index contributed by atoms with van der Waals surface area (Å²) in [6, 6.07) is 5.59. The summed E-state index contributed by atoms with van der Waals surface area (Å²) in [6.07, 6.45) is 2.99. The molecule has 1 aromatic heterocycles. The van der Waals surface area contributed by atoms with Gasteiger partial charge in [0, 0.05) is 17.5 Å². The molecule has 0 aliphatic carbocycles. The van der Waals surface area contributed by atoms with Gasteiger partial charge in [-0.05, 0) is 25.1 Å². The maximum absolute atomic E-state index is 11.2. The van der Waals surface area contributed by atoms with E-state index in [0.717, 1.165) is 16.7 Å². The number of nitrogens with zero attached hydrogens (tertiary/aromatic N) is 1. The molecule has 2 aromatic rings. The van der Waals surface area contributed by atoms with Gasteiger partial charge in [0.1, 0.15) is 5.75 Å². The van der Waals surface area contributed by atoms with Crippen LogP contribution in [0.3, 0.4) is 0 Å². The van der Waals surface area contributed by atoms with Crippen LogP contribution in [0.15, 0.2) is 24.3 Å². The third-order valence-electron chi connectivity index (χ3n) is 2.46. The van der Waals surface area contributed by atoms with Crippen LogP contribution in [0, 0.1) is 0 Å². The molecule has 2 rings (SSSR count). The molecule has 0 fully saturated rings. The number of esters is 1. The van der Waals surface area contributed by atoms with Crippen LogP contribution < -0.4 is 4.74 Å². The first-order chi connectivity index (χ1) is 8.74. The number of hydrogen-bond acceptors (Lipinski definition) is 4. The molecule has 0 amide bonds. The first-order valence-electron chi connectivity index (χ1n) is 5.61. The Labute approximate surface area is 104 Å². The molecule has 1 N–H and O–H groups in total. The molecule has 0 aliphatic rings. The number of ether oxygens (including phenoxy) is 2. The predicted octanol–water partition coefficient (Wildman–Crippen LogP) is 2.15. The Morgan fingerprint density at radius 3 is 3.06 bits per heavy atom. The summed E-state index contributed by atoms with van der Waals surface area (Å²) in [4.78, 5) is 11.2. The highest BCUT2D eigenvalue weighted by Crippen LogP contribution is 2.22. The van der Waals surface area contributed by atoms with E-state index >= 15 is 0 Å². The Balaban J connectivity index is 2.27. The first-order valence-corrected chi connectivity index (χ1v) is 5.61. The van der Waals surface area contributed by atoms with Crippen molar-refractivity contribution >= 4 is 22.9 Å². The number of methoxy groups -OCH3 is 1. The van der Waals surface area contributed by atoms with Crippen molar-refractivity contribution in [1.82, 2.24) is 10.2 Å². The topological polar surface area (TPSA) is 64.2 Å². The van der Waals surface area contributed by atoms with E-state index in [1.165, 1.54) is 6.08 Å². The zero-order valence-electron chi connectivity index (χ0n) is 10.3.